The van der Waals surface area contributed by atoms with E-state index in [1.807, 2.05) is 0 Å². The molecule has 0 spiro atoms. The van der Waals surface area contributed by atoms with Crippen LogP contribution >= 0.6 is 0 Å². The molecule has 4 heteroatoms. The summed E-state index contributed by atoms with van der Waals surface area (Å²) in [6.07, 6.45) is 1.13. The van der Waals surface area contributed by atoms with E-state index in [2.05, 4.69) is 125 Å². The van der Waals surface area contributed by atoms with Crippen molar-refractivity contribution < 1.29 is 4.79 Å². The van der Waals surface area contributed by atoms with Gasteiger partial charge in [-0.25, -0.2) is 0 Å². The van der Waals surface area contributed by atoms with Gasteiger partial charge in [0.25, 0.3) is 0 Å². The summed E-state index contributed by atoms with van der Waals surface area (Å²) in [7, 11) is 0. The van der Waals surface area contributed by atoms with Crippen molar-refractivity contribution in [3.05, 3.63) is 69.8 Å². The number of nitrogens with one attached hydrogen (secondary N) is 1. The number of rotatable bonds is 8. The SMILES string of the molecule is CC(C)(C)c1cc(CC(CN)(Cc2cc(C(C)(C)C)cc(C(C)(C)C)c2)C(=O)NCCN)cc(C(C)(C)C)c1. The lowest BCUT2D eigenvalue weighted by atomic mass is 9.71. The molecular formula is C35H57N3O. The zero-order valence-corrected chi connectivity index (χ0v) is 27.1. The van der Waals surface area contributed by atoms with Gasteiger partial charge in [0.05, 0.1) is 5.41 Å². The zero-order chi connectivity index (χ0) is 30.0. The van der Waals surface area contributed by atoms with Crippen LogP contribution < -0.4 is 16.8 Å². The van der Waals surface area contributed by atoms with Gasteiger partial charge in [0.1, 0.15) is 0 Å². The minimum atomic E-state index is -0.799. The maximum Gasteiger partial charge on any atom is 0.228 e. The third kappa shape index (κ3) is 8.66. The second-order valence-electron chi connectivity index (χ2n) is 15.7. The molecule has 0 fully saturated rings. The highest BCUT2D eigenvalue weighted by atomic mass is 16.2. The van der Waals surface area contributed by atoms with E-state index in [9.17, 15) is 4.79 Å². The predicted molar refractivity (Wildman–Crippen MR) is 169 cm³/mol. The molecule has 0 radical (unpaired) electrons. The number of hydrogen-bond donors (Lipinski definition) is 3. The number of carbonyl (C=O) groups is 1. The Morgan fingerprint density at radius 2 is 0.897 bits per heavy atom. The summed E-state index contributed by atoms with van der Waals surface area (Å²) in [6, 6.07) is 13.8. The normalized spacial score (nSPS) is 13.5. The van der Waals surface area contributed by atoms with Crippen LogP contribution in [0.25, 0.3) is 0 Å². The van der Waals surface area contributed by atoms with Crippen molar-refractivity contribution in [2.45, 2.75) is 118 Å². The summed E-state index contributed by atoms with van der Waals surface area (Å²) in [5.74, 6) is -0.0209. The van der Waals surface area contributed by atoms with Crippen molar-refractivity contribution >= 4 is 5.91 Å². The Kier molecular flexibility index (Phi) is 9.95. The molecule has 0 saturated heterocycles. The Bertz CT molecular complexity index is 992. The van der Waals surface area contributed by atoms with Crippen molar-refractivity contribution in [2.75, 3.05) is 19.6 Å². The highest BCUT2D eigenvalue weighted by Crippen LogP contribution is 2.36. The van der Waals surface area contributed by atoms with Crippen LogP contribution in [0.2, 0.25) is 0 Å². The van der Waals surface area contributed by atoms with Crippen LogP contribution in [-0.2, 0) is 39.3 Å². The van der Waals surface area contributed by atoms with Gasteiger partial charge >= 0.3 is 0 Å². The summed E-state index contributed by atoms with van der Waals surface area (Å²) in [4.78, 5) is 13.9. The first-order valence-electron chi connectivity index (χ1n) is 14.6. The van der Waals surface area contributed by atoms with Crippen LogP contribution in [0.3, 0.4) is 0 Å². The molecule has 2 rings (SSSR count). The summed E-state index contributed by atoms with van der Waals surface area (Å²) >= 11 is 0. The summed E-state index contributed by atoms with van der Waals surface area (Å²) in [6.45, 7) is 28.0. The van der Waals surface area contributed by atoms with Crippen molar-refractivity contribution in [1.29, 1.82) is 0 Å². The van der Waals surface area contributed by atoms with E-state index >= 15 is 0 Å². The van der Waals surface area contributed by atoms with E-state index < -0.39 is 5.41 Å². The van der Waals surface area contributed by atoms with Gasteiger partial charge in [-0.2, -0.15) is 0 Å². The quantitative estimate of drug-likeness (QED) is 0.353. The van der Waals surface area contributed by atoms with Gasteiger partial charge in [-0.15, -0.1) is 0 Å². The van der Waals surface area contributed by atoms with Crippen LogP contribution in [0.15, 0.2) is 36.4 Å². The highest BCUT2D eigenvalue weighted by Gasteiger charge is 2.38. The minimum Gasteiger partial charge on any atom is -0.354 e. The maximum atomic E-state index is 13.9. The van der Waals surface area contributed by atoms with Crippen LogP contribution in [0.1, 0.15) is 116 Å². The lowest BCUT2D eigenvalue weighted by Gasteiger charge is -2.34. The third-order valence-corrected chi connectivity index (χ3v) is 7.84. The Morgan fingerprint density at radius 3 is 1.13 bits per heavy atom. The van der Waals surface area contributed by atoms with E-state index in [4.69, 9.17) is 11.5 Å². The molecular weight excluding hydrogens is 478 g/mol. The fourth-order valence-electron chi connectivity index (χ4n) is 4.93. The average molecular weight is 536 g/mol. The number of benzene rings is 2. The molecule has 5 N–H and O–H groups in total. The van der Waals surface area contributed by atoms with E-state index in [0.29, 0.717) is 25.9 Å². The van der Waals surface area contributed by atoms with Gasteiger partial charge in [-0.3, -0.25) is 4.79 Å². The van der Waals surface area contributed by atoms with Crippen LogP contribution in [0, 0.1) is 5.41 Å². The molecule has 0 unspecified atom stereocenters. The van der Waals surface area contributed by atoms with Gasteiger partial charge in [0.2, 0.25) is 5.91 Å². The van der Waals surface area contributed by atoms with Crippen molar-refractivity contribution in [2.24, 2.45) is 16.9 Å². The molecule has 0 atom stereocenters. The summed E-state index contributed by atoms with van der Waals surface area (Å²) < 4.78 is 0. The number of carbonyl (C=O) groups excluding carboxylic acids is 1. The fourth-order valence-corrected chi connectivity index (χ4v) is 4.93. The monoisotopic (exact) mass is 535 g/mol. The Hall–Kier alpha value is -2.17. The summed E-state index contributed by atoms with van der Waals surface area (Å²) in [5, 5.41) is 3.10. The first-order valence-corrected chi connectivity index (χ1v) is 14.6. The fraction of sp³-hybridized carbons (Fsp3) is 0.629. The van der Waals surface area contributed by atoms with Crippen LogP contribution in [0.4, 0.5) is 0 Å². The molecule has 0 saturated carbocycles. The van der Waals surface area contributed by atoms with Crippen molar-refractivity contribution in [3.8, 4) is 0 Å². The minimum absolute atomic E-state index is 0.00809. The Morgan fingerprint density at radius 1 is 0.590 bits per heavy atom. The maximum absolute atomic E-state index is 13.9. The molecule has 4 nitrogen and oxygen atoms in total. The molecule has 0 aliphatic rings. The predicted octanol–water partition coefficient (Wildman–Crippen LogP) is 6.68. The molecule has 0 aliphatic carbocycles. The summed E-state index contributed by atoms with van der Waals surface area (Å²) in [5.41, 5.74) is 19.0. The highest BCUT2D eigenvalue weighted by molar-refractivity contribution is 5.83. The molecule has 218 valence electrons. The molecule has 1 amide bonds. The Balaban J connectivity index is 2.75. The topological polar surface area (TPSA) is 81.1 Å². The molecule has 0 aliphatic heterocycles. The zero-order valence-electron chi connectivity index (χ0n) is 27.1. The standard InChI is InChI=1S/C35H57N3O/c1-31(2,3)26-15-24(16-27(19-26)32(4,5)6)21-35(23-37,30(39)38-14-13-36)22-25-17-28(33(7,8)9)20-29(18-25)34(10,11)12/h15-20H,13-14,21-23,36-37H2,1-12H3,(H,38,39). The number of nitrogens with two attached hydrogens (primary N) is 2. The van der Waals surface area contributed by atoms with Crippen LogP contribution in [0.5, 0.6) is 0 Å². The first-order chi connectivity index (χ1) is 17.6. The van der Waals surface area contributed by atoms with E-state index in [0.717, 1.165) is 11.1 Å². The molecule has 2 aromatic carbocycles. The molecule has 39 heavy (non-hydrogen) atoms. The van der Waals surface area contributed by atoms with Crippen molar-refractivity contribution in [1.82, 2.24) is 5.32 Å². The van der Waals surface area contributed by atoms with Gasteiger partial charge in [0.15, 0.2) is 0 Å². The second kappa shape index (κ2) is 11.7. The van der Waals surface area contributed by atoms with Crippen LogP contribution in [-0.4, -0.2) is 25.5 Å². The Labute approximate surface area is 239 Å². The van der Waals surface area contributed by atoms with Gasteiger partial charge in [-0.1, -0.05) is 119 Å². The first kappa shape index (κ1) is 33.0. The smallest absolute Gasteiger partial charge is 0.228 e. The lowest BCUT2D eigenvalue weighted by Crippen LogP contribution is -2.50. The van der Waals surface area contributed by atoms with E-state index in [1.54, 1.807) is 0 Å². The second-order valence-corrected chi connectivity index (χ2v) is 15.7. The van der Waals surface area contributed by atoms with Gasteiger partial charge in [-0.05, 0) is 67.9 Å². The van der Waals surface area contributed by atoms with Crippen molar-refractivity contribution in [3.63, 3.8) is 0 Å². The van der Waals surface area contributed by atoms with E-state index in [1.165, 1.54) is 22.3 Å². The third-order valence-electron chi connectivity index (χ3n) is 7.84. The largest absolute Gasteiger partial charge is 0.354 e. The molecule has 0 heterocycles. The molecule has 0 aromatic heterocycles. The number of hydrogen-bond acceptors (Lipinski definition) is 3. The van der Waals surface area contributed by atoms with Gasteiger partial charge in [0, 0.05) is 19.6 Å². The molecule has 2 aromatic rings. The lowest BCUT2D eigenvalue weighted by molar-refractivity contribution is -0.130. The number of amides is 1. The van der Waals surface area contributed by atoms with E-state index in [-0.39, 0.29) is 34.1 Å². The average Bonchev–Trinajstić information content (AvgIpc) is 2.79. The molecule has 0 bridgehead atoms. The van der Waals surface area contributed by atoms with Gasteiger partial charge < -0.3 is 16.8 Å².